The first kappa shape index (κ1) is 31.9. The fourth-order valence-electron chi connectivity index (χ4n) is 5.83. The van der Waals surface area contributed by atoms with Crippen LogP contribution in [-0.2, 0) is 37.6 Å². The second-order valence-electron chi connectivity index (χ2n) is 11.0. The highest BCUT2D eigenvalue weighted by Gasteiger charge is 2.38. The average molecular weight is 617 g/mol. The Morgan fingerprint density at radius 1 is 0.804 bits per heavy atom. The first-order chi connectivity index (χ1) is 22.4. The summed E-state index contributed by atoms with van der Waals surface area (Å²) in [4.78, 5) is 43.8. The van der Waals surface area contributed by atoms with Crippen LogP contribution < -0.4 is 5.32 Å². The SMILES string of the molecule is COC(=O)[C@@H](Cc1cn(C(c2ccccc2)(c2ccccc2)c2ccccc2)cn1)NC(=O)CN(CC(=O)O)Cc1ccccc1. The molecule has 0 spiro atoms. The number of amides is 1. The minimum atomic E-state index is -1.06. The Balaban J connectivity index is 1.44. The number of carboxylic acid groups (broad SMARTS) is 1. The summed E-state index contributed by atoms with van der Waals surface area (Å²) in [7, 11) is 1.26. The number of nitrogens with zero attached hydrogens (tertiary/aromatic N) is 3. The molecular formula is C37H36N4O5. The first-order valence-corrected chi connectivity index (χ1v) is 15.0. The third-order valence-electron chi connectivity index (χ3n) is 7.81. The smallest absolute Gasteiger partial charge is 0.328 e. The number of benzene rings is 4. The molecule has 234 valence electrons. The van der Waals surface area contributed by atoms with Crippen LogP contribution in [0.2, 0.25) is 0 Å². The number of esters is 1. The summed E-state index contributed by atoms with van der Waals surface area (Å²) in [5.41, 5.74) is 3.71. The summed E-state index contributed by atoms with van der Waals surface area (Å²) < 4.78 is 7.07. The molecule has 9 nitrogen and oxygen atoms in total. The third-order valence-corrected chi connectivity index (χ3v) is 7.81. The van der Waals surface area contributed by atoms with Crippen molar-refractivity contribution in [1.82, 2.24) is 19.8 Å². The number of rotatable bonds is 14. The zero-order valence-corrected chi connectivity index (χ0v) is 25.5. The van der Waals surface area contributed by atoms with Crippen molar-refractivity contribution in [2.75, 3.05) is 20.2 Å². The van der Waals surface area contributed by atoms with Crippen LogP contribution in [0.5, 0.6) is 0 Å². The van der Waals surface area contributed by atoms with Crippen molar-refractivity contribution in [3.63, 3.8) is 0 Å². The van der Waals surface area contributed by atoms with E-state index in [1.807, 2.05) is 95.7 Å². The van der Waals surface area contributed by atoms with Crippen molar-refractivity contribution in [2.45, 2.75) is 24.5 Å². The Hall–Kier alpha value is -5.54. The number of ether oxygens (including phenoxy) is 1. The van der Waals surface area contributed by atoms with Gasteiger partial charge in [-0.25, -0.2) is 9.78 Å². The quantitative estimate of drug-likeness (QED) is 0.139. The predicted molar refractivity (Wildman–Crippen MR) is 174 cm³/mol. The van der Waals surface area contributed by atoms with Gasteiger partial charge in [0.2, 0.25) is 5.91 Å². The van der Waals surface area contributed by atoms with Crippen molar-refractivity contribution < 1.29 is 24.2 Å². The fraction of sp³-hybridized carbons (Fsp3) is 0.189. The van der Waals surface area contributed by atoms with Crippen molar-refractivity contribution >= 4 is 17.8 Å². The van der Waals surface area contributed by atoms with Gasteiger partial charge in [-0.3, -0.25) is 14.5 Å². The largest absolute Gasteiger partial charge is 0.480 e. The van der Waals surface area contributed by atoms with Gasteiger partial charge in [-0.15, -0.1) is 0 Å². The van der Waals surface area contributed by atoms with E-state index in [9.17, 15) is 19.5 Å². The van der Waals surface area contributed by atoms with Gasteiger partial charge in [0, 0.05) is 19.2 Å². The summed E-state index contributed by atoms with van der Waals surface area (Å²) >= 11 is 0. The molecule has 0 unspecified atom stereocenters. The Morgan fingerprint density at radius 2 is 1.30 bits per heavy atom. The maximum atomic E-state index is 13.2. The lowest BCUT2D eigenvalue weighted by Gasteiger charge is -2.37. The van der Waals surface area contributed by atoms with Crippen molar-refractivity contribution in [2.24, 2.45) is 0 Å². The topological polar surface area (TPSA) is 114 Å². The second kappa shape index (κ2) is 15.0. The highest BCUT2D eigenvalue weighted by atomic mass is 16.5. The van der Waals surface area contributed by atoms with E-state index in [1.54, 1.807) is 6.33 Å². The lowest BCUT2D eigenvalue weighted by atomic mass is 9.77. The zero-order valence-electron chi connectivity index (χ0n) is 25.5. The van der Waals surface area contributed by atoms with Crippen LogP contribution in [0.25, 0.3) is 0 Å². The minimum absolute atomic E-state index is 0.0669. The first-order valence-electron chi connectivity index (χ1n) is 15.0. The molecule has 0 aliphatic carbocycles. The number of aromatic nitrogens is 2. The number of hydrogen-bond donors (Lipinski definition) is 2. The molecule has 4 aromatic carbocycles. The Labute approximate surface area is 268 Å². The van der Waals surface area contributed by atoms with E-state index in [1.165, 1.54) is 12.0 Å². The van der Waals surface area contributed by atoms with Crippen LogP contribution in [0.3, 0.4) is 0 Å². The molecule has 0 fully saturated rings. The molecule has 5 aromatic rings. The molecule has 0 aliphatic heterocycles. The number of carbonyl (C=O) groups is 3. The van der Waals surface area contributed by atoms with Crippen LogP contribution in [0.4, 0.5) is 0 Å². The Bertz CT molecular complexity index is 1630. The van der Waals surface area contributed by atoms with Gasteiger partial charge in [-0.05, 0) is 22.3 Å². The molecular weight excluding hydrogens is 580 g/mol. The van der Waals surface area contributed by atoms with E-state index in [2.05, 4.69) is 41.7 Å². The lowest BCUT2D eigenvalue weighted by Crippen LogP contribution is -2.47. The highest BCUT2D eigenvalue weighted by Crippen LogP contribution is 2.40. The number of nitrogens with one attached hydrogen (secondary N) is 1. The third kappa shape index (κ3) is 7.39. The fourth-order valence-corrected chi connectivity index (χ4v) is 5.83. The van der Waals surface area contributed by atoms with Crippen LogP contribution in [0.15, 0.2) is 134 Å². The number of carboxylic acids is 1. The number of aliphatic carboxylic acids is 1. The Kier molecular flexibility index (Phi) is 10.4. The van der Waals surface area contributed by atoms with Gasteiger partial charge < -0.3 is 19.7 Å². The molecule has 1 amide bonds. The van der Waals surface area contributed by atoms with Gasteiger partial charge in [0.15, 0.2) is 0 Å². The molecule has 0 aliphatic rings. The monoisotopic (exact) mass is 616 g/mol. The van der Waals surface area contributed by atoms with E-state index < -0.39 is 29.4 Å². The highest BCUT2D eigenvalue weighted by molar-refractivity contribution is 5.86. The Morgan fingerprint density at radius 3 is 1.78 bits per heavy atom. The van der Waals surface area contributed by atoms with Gasteiger partial charge in [-0.1, -0.05) is 121 Å². The number of carbonyl (C=O) groups excluding carboxylic acids is 2. The molecule has 5 rings (SSSR count). The molecule has 2 N–H and O–H groups in total. The van der Waals surface area contributed by atoms with Crippen LogP contribution in [0.1, 0.15) is 27.9 Å². The van der Waals surface area contributed by atoms with Crippen LogP contribution in [-0.4, -0.2) is 63.6 Å². The van der Waals surface area contributed by atoms with Gasteiger partial charge >= 0.3 is 11.9 Å². The zero-order chi connectivity index (χ0) is 32.4. The standard InChI is InChI=1S/C37H36N4O5/c1-46-36(45)33(39-34(42)25-40(26-35(43)44)23-28-14-6-2-7-15-28)22-32-24-41(27-38-32)37(29-16-8-3-9-17-29,30-18-10-4-11-19-30)31-20-12-5-13-21-31/h2-21,24,27,33H,22-23,25-26H2,1H3,(H,39,42)(H,43,44)/t33-/m1/s1. The van der Waals surface area contributed by atoms with E-state index in [0.29, 0.717) is 5.69 Å². The summed E-state index contributed by atoms with van der Waals surface area (Å²) in [6.07, 6.45) is 3.70. The van der Waals surface area contributed by atoms with Crippen molar-refractivity contribution in [1.29, 1.82) is 0 Å². The molecule has 46 heavy (non-hydrogen) atoms. The number of imidazole rings is 1. The van der Waals surface area contributed by atoms with E-state index >= 15 is 0 Å². The maximum absolute atomic E-state index is 13.2. The van der Waals surface area contributed by atoms with Crippen molar-refractivity contribution in [3.8, 4) is 0 Å². The molecule has 1 atom stereocenters. The van der Waals surface area contributed by atoms with E-state index in [-0.39, 0.29) is 26.1 Å². The predicted octanol–water partition coefficient (Wildman–Crippen LogP) is 4.51. The summed E-state index contributed by atoms with van der Waals surface area (Å²) in [6.45, 7) is -0.299. The molecule has 0 bridgehead atoms. The van der Waals surface area contributed by atoms with Crippen molar-refractivity contribution in [3.05, 3.63) is 162 Å². The molecule has 0 radical (unpaired) electrons. The maximum Gasteiger partial charge on any atom is 0.328 e. The van der Waals surface area contributed by atoms with E-state index in [4.69, 9.17) is 9.72 Å². The molecule has 0 saturated carbocycles. The summed E-state index contributed by atoms with van der Waals surface area (Å²) in [5.74, 6) is -2.19. The molecule has 0 saturated heterocycles. The van der Waals surface area contributed by atoms with Gasteiger partial charge in [0.1, 0.15) is 11.6 Å². The molecule has 1 aromatic heterocycles. The normalized spacial score (nSPS) is 12.0. The second-order valence-corrected chi connectivity index (χ2v) is 11.0. The van der Waals surface area contributed by atoms with Crippen LogP contribution in [0, 0.1) is 0 Å². The lowest BCUT2D eigenvalue weighted by molar-refractivity contribution is -0.145. The average Bonchev–Trinajstić information content (AvgIpc) is 3.54. The number of hydrogen-bond acceptors (Lipinski definition) is 6. The minimum Gasteiger partial charge on any atom is -0.480 e. The molecule has 1 heterocycles. The van der Waals surface area contributed by atoms with Gasteiger partial charge in [-0.2, -0.15) is 0 Å². The van der Waals surface area contributed by atoms with E-state index in [0.717, 1.165) is 22.3 Å². The van der Waals surface area contributed by atoms with Gasteiger partial charge in [0.05, 0.1) is 32.2 Å². The summed E-state index contributed by atoms with van der Waals surface area (Å²) in [6, 6.07) is 38.7. The summed E-state index contributed by atoms with van der Waals surface area (Å²) in [5, 5.41) is 12.2. The van der Waals surface area contributed by atoms with Gasteiger partial charge in [0.25, 0.3) is 0 Å². The van der Waals surface area contributed by atoms with Crippen LogP contribution >= 0.6 is 0 Å². The molecule has 9 heteroatoms. The number of methoxy groups -OCH3 is 1.